The zero-order valence-electron chi connectivity index (χ0n) is 19.6. The predicted molar refractivity (Wildman–Crippen MR) is 129 cm³/mol. The normalized spacial score (nSPS) is 12.4. The van der Waals surface area contributed by atoms with Crippen molar-refractivity contribution >= 4 is 22.9 Å². The Hall–Kier alpha value is -3.35. The van der Waals surface area contributed by atoms with Crippen LogP contribution in [-0.4, -0.2) is 35.7 Å². The van der Waals surface area contributed by atoms with Crippen molar-refractivity contribution in [2.75, 3.05) is 13.1 Å². The highest BCUT2D eigenvalue weighted by Gasteiger charge is 2.16. The molecule has 0 bridgehead atoms. The van der Waals surface area contributed by atoms with Crippen molar-refractivity contribution in [3.8, 4) is 11.1 Å². The molecule has 176 valence electrons. The van der Waals surface area contributed by atoms with Crippen molar-refractivity contribution < 1.29 is 18.7 Å². The molecule has 0 unspecified atom stereocenters. The van der Waals surface area contributed by atoms with Crippen molar-refractivity contribution in [2.45, 2.75) is 46.1 Å². The Morgan fingerprint density at radius 3 is 2.42 bits per heavy atom. The number of rotatable bonds is 8. The minimum Gasteiger partial charge on any atom is -0.444 e. The molecule has 1 heterocycles. The van der Waals surface area contributed by atoms with Crippen LogP contribution in [0.1, 0.15) is 51.0 Å². The fraction of sp³-hybridized carbons (Fsp3) is 0.385. The maximum absolute atomic E-state index is 13.2. The van der Waals surface area contributed by atoms with E-state index in [1.165, 1.54) is 12.1 Å². The Morgan fingerprint density at radius 1 is 1.03 bits per heavy atom. The second-order valence-electron chi connectivity index (χ2n) is 9.38. The van der Waals surface area contributed by atoms with E-state index in [4.69, 9.17) is 4.74 Å². The third-order valence-corrected chi connectivity index (χ3v) is 5.20. The van der Waals surface area contributed by atoms with Crippen molar-refractivity contribution in [2.24, 2.45) is 5.92 Å². The fourth-order valence-corrected chi connectivity index (χ4v) is 3.49. The molecule has 2 amide bonds. The number of carbonyl (C=O) groups excluding carboxylic acids is 2. The second kappa shape index (κ2) is 10.5. The van der Waals surface area contributed by atoms with Gasteiger partial charge in [0.1, 0.15) is 17.1 Å². The smallest absolute Gasteiger partial charge is 0.407 e. The molecule has 3 N–H and O–H groups in total. The Kier molecular flexibility index (Phi) is 7.74. The molecule has 0 aliphatic carbocycles. The first-order valence-corrected chi connectivity index (χ1v) is 11.2. The van der Waals surface area contributed by atoms with Crippen LogP contribution in [0.25, 0.3) is 22.0 Å². The van der Waals surface area contributed by atoms with Crippen LogP contribution in [0.5, 0.6) is 0 Å². The van der Waals surface area contributed by atoms with Gasteiger partial charge in [-0.1, -0.05) is 31.2 Å². The molecule has 1 aromatic heterocycles. The van der Waals surface area contributed by atoms with Gasteiger partial charge in [0.05, 0.1) is 0 Å². The summed E-state index contributed by atoms with van der Waals surface area (Å²) in [5.74, 6) is -0.163. The van der Waals surface area contributed by atoms with E-state index in [0.29, 0.717) is 18.8 Å². The lowest BCUT2D eigenvalue weighted by molar-refractivity contribution is 0.0526. The second-order valence-corrected chi connectivity index (χ2v) is 9.38. The Balaban J connectivity index is 1.47. The van der Waals surface area contributed by atoms with Crippen LogP contribution in [0.15, 0.2) is 48.5 Å². The quantitative estimate of drug-likeness (QED) is 0.386. The van der Waals surface area contributed by atoms with E-state index in [1.807, 2.05) is 45.0 Å². The summed E-state index contributed by atoms with van der Waals surface area (Å²) in [4.78, 5) is 27.4. The molecule has 0 radical (unpaired) electrons. The third kappa shape index (κ3) is 7.34. The lowest BCUT2D eigenvalue weighted by Crippen LogP contribution is -2.33. The molecule has 0 saturated heterocycles. The number of hydrogen-bond acceptors (Lipinski definition) is 3. The van der Waals surface area contributed by atoms with E-state index in [0.717, 1.165) is 34.9 Å². The minimum absolute atomic E-state index is 0.159. The van der Waals surface area contributed by atoms with Gasteiger partial charge in [0.15, 0.2) is 0 Å². The zero-order valence-corrected chi connectivity index (χ0v) is 19.6. The van der Waals surface area contributed by atoms with E-state index < -0.39 is 11.7 Å². The van der Waals surface area contributed by atoms with Crippen molar-refractivity contribution in [3.05, 3.63) is 60.0 Å². The molecule has 7 heteroatoms. The number of hydrogen-bond donors (Lipinski definition) is 3. The molecule has 3 rings (SSSR count). The maximum Gasteiger partial charge on any atom is 0.407 e. The number of nitrogens with one attached hydrogen (secondary N) is 3. The van der Waals surface area contributed by atoms with Gasteiger partial charge in [0.25, 0.3) is 5.91 Å². The van der Waals surface area contributed by atoms with Crippen LogP contribution in [0.2, 0.25) is 0 Å². The van der Waals surface area contributed by atoms with Gasteiger partial charge in [0, 0.05) is 24.0 Å². The summed E-state index contributed by atoms with van der Waals surface area (Å²) in [5, 5.41) is 6.65. The summed E-state index contributed by atoms with van der Waals surface area (Å²) in [5.41, 5.74) is 2.70. The van der Waals surface area contributed by atoms with Gasteiger partial charge in [-0.2, -0.15) is 0 Å². The number of aromatic nitrogens is 1. The van der Waals surface area contributed by atoms with Crippen molar-refractivity contribution in [1.29, 1.82) is 0 Å². The van der Waals surface area contributed by atoms with Crippen LogP contribution in [-0.2, 0) is 4.74 Å². The van der Waals surface area contributed by atoms with Crippen LogP contribution < -0.4 is 10.6 Å². The molecule has 1 atom stereocenters. The SMILES string of the molecule is C[C@@H](CCCNC(=O)OC(C)(C)C)CNC(=O)c1cc2ccc(-c3ccc(F)cc3)cc2[nH]1. The highest BCUT2D eigenvalue weighted by molar-refractivity contribution is 5.98. The first kappa shape index (κ1) is 24.3. The van der Waals surface area contributed by atoms with Gasteiger partial charge >= 0.3 is 6.09 Å². The Labute approximate surface area is 193 Å². The standard InChI is InChI=1S/C26H32FN3O3/c1-17(6-5-13-28-25(32)33-26(2,3)4)16-29-24(31)23-15-20-8-7-19(14-22(20)30-23)18-9-11-21(27)12-10-18/h7-12,14-15,17,30H,5-6,13,16H2,1-4H3,(H,28,32)(H,29,31)/t17-/m0/s1. The average Bonchev–Trinajstić information content (AvgIpc) is 3.18. The van der Waals surface area contributed by atoms with Crippen LogP contribution in [0.4, 0.5) is 9.18 Å². The molecule has 0 fully saturated rings. The van der Waals surface area contributed by atoms with E-state index in [1.54, 1.807) is 12.1 Å². The Bertz CT molecular complexity index is 1100. The number of H-pyrrole nitrogens is 1. The number of ether oxygens (including phenoxy) is 1. The molecule has 2 aromatic carbocycles. The molecular weight excluding hydrogens is 421 g/mol. The number of carbonyl (C=O) groups is 2. The monoisotopic (exact) mass is 453 g/mol. The third-order valence-electron chi connectivity index (χ3n) is 5.20. The van der Waals surface area contributed by atoms with E-state index in [9.17, 15) is 14.0 Å². The molecule has 0 aliphatic rings. The number of alkyl carbamates (subject to hydrolysis) is 1. The summed E-state index contributed by atoms with van der Waals surface area (Å²) >= 11 is 0. The number of halogens is 1. The fourth-order valence-electron chi connectivity index (χ4n) is 3.49. The van der Waals surface area contributed by atoms with Gasteiger partial charge in [-0.05, 0) is 74.9 Å². The first-order chi connectivity index (χ1) is 15.6. The summed E-state index contributed by atoms with van der Waals surface area (Å²) < 4.78 is 18.4. The van der Waals surface area contributed by atoms with Crippen molar-refractivity contribution in [3.63, 3.8) is 0 Å². The van der Waals surface area contributed by atoms with Gasteiger partial charge in [-0.15, -0.1) is 0 Å². The molecule has 0 spiro atoms. The molecule has 0 aliphatic heterocycles. The predicted octanol–water partition coefficient (Wildman–Crippen LogP) is 5.64. The lowest BCUT2D eigenvalue weighted by atomic mass is 10.0. The van der Waals surface area contributed by atoms with Gasteiger partial charge in [-0.25, -0.2) is 9.18 Å². The summed E-state index contributed by atoms with van der Waals surface area (Å²) in [6.45, 7) is 8.62. The summed E-state index contributed by atoms with van der Waals surface area (Å²) in [7, 11) is 0. The van der Waals surface area contributed by atoms with Gasteiger partial charge in [0.2, 0.25) is 0 Å². The summed E-state index contributed by atoms with van der Waals surface area (Å²) in [6, 6.07) is 14.0. The lowest BCUT2D eigenvalue weighted by Gasteiger charge is -2.20. The number of aromatic amines is 1. The molecule has 3 aromatic rings. The van der Waals surface area contributed by atoms with Crippen molar-refractivity contribution in [1.82, 2.24) is 15.6 Å². The van der Waals surface area contributed by atoms with Crippen LogP contribution >= 0.6 is 0 Å². The van der Waals surface area contributed by atoms with Crippen LogP contribution in [0, 0.1) is 11.7 Å². The van der Waals surface area contributed by atoms with Gasteiger partial charge < -0.3 is 20.4 Å². The molecule has 33 heavy (non-hydrogen) atoms. The number of fused-ring (bicyclic) bond motifs is 1. The van der Waals surface area contributed by atoms with Crippen LogP contribution in [0.3, 0.4) is 0 Å². The molecular formula is C26H32FN3O3. The topological polar surface area (TPSA) is 83.2 Å². The number of amides is 2. The largest absolute Gasteiger partial charge is 0.444 e. The zero-order chi connectivity index (χ0) is 24.0. The summed E-state index contributed by atoms with van der Waals surface area (Å²) in [6.07, 6.45) is 1.25. The maximum atomic E-state index is 13.2. The Morgan fingerprint density at radius 2 is 1.73 bits per heavy atom. The average molecular weight is 454 g/mol. The van der Waals surface area contributed by atoms with E-state index in [2.05, 4.69) is 22.5 Å². The van der Waals surface area contributed by atoms with Gasteiger partial charge in [-0.3, -0.25) is 4.79 Å². The van der Waals surface area contributed by atoms with E-state index >= 15 is 0 Å². The molecule has 0 saturated carbocycles. The highest BCUT2D eigenvalue weighted by Crippen LogP contribution is 2.25. The number of benzene rings is 2. The highest BCUT2D eigenvalue weighted by atomic mass is 19.1. The molecule has 6 nitrogen and oxygen atoms in total. The first-order valence-electron chi connectivity index (χ1n) is 11.2. The van der Waals surface area contributed by atoms with E-state index in [-0.39, 0.29) is 17.6 Å². The minimum atomic E-state index is -0.507.